The molecule has 9 nitrogen and oxygen atoms in total. The fraction of sp³-hybridized carbons (Fsp3) is 0.758. The van der Waals surface area contributed by atoms with Crippen LogP contribution in [0.5, 0.6) is 0 Å². The van der Waals surface area contributed by atoms with Crippen LogP contribution in [0.1, 0.15) is 87.5 Å². The van der Waals surface area contributed by atoms with Crippen molar-refractivity contribution in [2.45, 2.75) is 118 Å². The maximum atomic E-state index is 14.1. The van der Waals surface area contributed by atoms with Crippen LogP contribution >= 0.6 is 0 Å². The summed E-state index contributed by atoms with van der Waals surface area (Å²) in [6.07, 6.45) is 7.78. The Labute approximate surface area is 254 Å². The molecule has 0 spiro atoms. The summed E-state index contributed by atoms with van der Waals surface area (Å²) in [5.74, 6) is -0.532. The van der Waals surface area contributed by atoms with E-state index in [4.69, 9.17) is 0 Å². The molecule has 2 fully saturated rings. The lowest BCUT2D eigenvalue weighted by atomic mass is 9.84. The summed E-state index contributed by atoms with van der Waals surface area (Å²) in [7, 11) is 3.47. The molecule has 2 heterocycles. The second-order valence-electron chi connectivity index (χ2n) is 13.8. The van der Waals surface area contributed by atoms with Gasteiger partial charge in [-0.05, 0) is 64.3 Å². The fourth-order valence-corrected chi connectivity index (χ4v) is 6.20. The first-order chi connectivity index (χ1) is 19.5. The van der Waals surface area contributed by atoms with E-state index in [1.54, 1.807) is 41.8 Å². The van der Waals surface area contributed by atoms with Gasteiger partial charge in [-0.1, -0.05) is 53.2 Å². The Kier molecular flexibility index (Phi) is 12.8. The summed E-state index contributed by atoms with van der Waals surface area (Å²) in [5.41, 5.74) is -0.0137. The van der Waals surface area contributed by atoms with Gasteiger partial charge in [0, 0.05) is 38.8 Å². The summed E-state index contributed by atoms with van der Waals surface area (Å²) in [6.45, 7) is 21.4. The molecule has 0 saturated carbocycles. The predicted molar refractivity (Wildman–Crippen MR) is 169 cm³/mol. The molecule has 2 aliphatic heterocycles. The number of nitrogens with zero attached hydrogens (tertiary/aromatic N) is 4. The number of rotatable bonds is 11. The minimum Gasteiger partial charge on any atom is -0.342 e. The average molecular weight is 588 g/mol. The van der Waals surface area contributed by atoms with Crippen molar-refractivity contribution < 1.29 is 19.2 Å². The highest BCUT2D eigenvalue weighted by atomic mass is 16.2. The first kappa shape index (κ1) is 35.5. The average Bonchev–Trinajstić information content (AvgIpc) is 3.41. The van der Waals surface area contributed by atoms with Gasteiger partial charge in [-0.25, -0.2) is 0 Å². The minimum absolute atomic E-state index is 0.0162. The molecule has 2 saturated heterocycles. The highest BCUT2D eigenvalue weighted by Crippen LogP contribution is 2.27. The highest BCUT2D eigenvalue weighted by Gasteiger charge is 2.40. The minimum atomic E-state index is -0.724. The number of hydrogen-bond acceptors (Lipinski definition) is 5. The normalized spacial score (nSPS) is 21.7. The van der Waals surface area contributed by atoms with Crippen LogP contribution in [-0.2, 0) is 19.2 Å². The molecule has 2 aliphatic rings. The lowest BCUT2D eigenvalue weighted by Crippen LogP contribution is -2.60. The van der Waals surface area contributed by atoms with Crippen molar-refractivity contribution >= 4 is 23.6 Å². The molecule has 1 N–H and O–H groups in total. The first-order valence-corrected chi connectivity index (χ1v) is 15.7. The van der Waals surface area contributed by atoms with Gasteiger partial charge in [0.1, 0.15) is 12.1 Å². The van der Waals surface area contributed by atoms with Crippen molar-refractivity contribution in [3.05, 3.63) is 24.3 Å². The molecule has 0 aromatic rings. The Hall–Kier alpha value is -2.68. The molecule has 0 aromatic heterocycles. The second-order valence-corrected chi connectivity index (χ2v) is 13.8. The van der Waals surface area contributed by atoms with Gasteiger partial charge in [0.2, 0.25) is 23.6 Å². The highest BCUT2D eigenvalue weighted by molar-refractivity contribution is 5.97. The van der Waals surface area contributed by atoms with Crippen LogP contribution < -0.4 is 5.32 Å². The van der Waals surface area contributed by atoms with E-state index in [0.29, 0.717) is 25.1 Å². The Bertz CT molecular complexity index is 1010. The van der Waals surface area contributed by atoms with E-state index in [-0.39, 0.29) is 47.7 Å². The zero-order chi connectivity index (χ0) is 31.9. The third-order valence-electron chi connectivity index (χ3n) is 8.72. The van der Waals surface area contributed by atoms with E-state index in [1.165, 1.54) is 0 Å². The molecule has 0 aliphatic carbocycles. The topological polar surface area (TPSA) is 93.3 Å². The van der Waals surface area contributed by atoms with Gasteiger partial charge in [0.05, 0.1) is 12.1 Å². The summed E-state index contributed by atoms with van der Waals surface area (Å²) in [6, 6.07) is -1.59. The third kappa shape index (κ3) is 8.68. The molecule has 9 heteroatoms. The largest absolute Gasteiger partial charge is 0.342 e. The van der Waals surface area contributed by atoms with Crippen molar-refractivity contribution in [3.63, 3.8) is 0 Å². The van der Waals surface area contributed by atoms with Crippen LogP contribution in [0.3, 0.4) is 0 Å². The molecule has 42 heavy (non-hydrogen) atoms. The van der Waals surface area contributed by atoms with Crippen molar-refractivity contribution in [2.75, 3.05) is 33.7 Å². The lowest BCUT2D eigenvalue weighted by molar-refractivity contribution is -0.142. The predicted octanol–water partition coefficient (Wildman–Crippen LogP) is 3.84. The Balaban J connectivity index is 2.27. The molecule has 0 aromatic carbocycles. The number of nitrogens with one attached hydrogen (secondary N) is 1. The molecular formula is C33H57N5O4. The summed E-state index contributed by atoms with van der Waals surface area (Å²) in [5, 5.41) is 3.13. The summed E-state index contributed by atoms with van der Waals surface area (Å²) >= 11 is 0. The van der Waals surface area contributed by atoms with Gasteiger partial charge < -0.3 is 20.0 Å². The van der Waals surface area contributed by atoms with Crippen molar-refractivity contribution in [1.82, 2.24) is 24.9 Å². The SMILES string of the molecule is C=CCN(C)C(=O)[C@@H]1CCCN1C(=O)/C(C)=C/[C@H](C(C)C)N(C)C(=O)[C@@H](NC(=O)[C@H]1CCCCN1C(C)C)C(C)(C)C. The number of piperidine rings is 1. The van der Waals surface area contributed by atoms with Gasteiger partial charge >= 0.3 is 0 Å². The lowest BCUT2D eigenvalue weighted by Gasteiger charge is -2.41. The van der Waals surface area contributed by atoms with Crippen LogP contribution in [0.2, 0.25) is 0 Å². The van der Waals surface area contributed by atoms with Gasteiger partial charge in [-0.3, -0.25) is 24.1 Å². The molecule has 4 amide bonds. The van der Waals surface area contributed by atoms with Crippen molar-refractivity contribution in [1.29, 1.82) is 0 Å². The van der Waals surface area contributed by atoms with E-state index in [1.807, 2.05) is 40.7 Å². The van der Waals surface area contributed by atoms with E-state index in [9.17, 15) is 19.2 Å². The first-order valence-electron chi connectivity index (χ1n) is 15.7. The van der Waals surface area contributed by atoms with Gasteiger partial charge in [-0.2, -0.15) is 0 Å². The Morgan fingerprint density at radius 1 is 0.976 bits per heavy atom. The molecule has 0 radical (unpaired) electrons. The maximum absolute atomic E-state index is 14.1. The van der Waals surface area contributed by atoms with E-state index in [2.05, 4.69) is 30.6 Å². The Morgan fingerprint density at radius 3 is 2.14 bits per heavy atom. The molecule has 2 rings (SSSR count). The summed E-state index contributed by atoms with van der Waals surface area (Å²) < 4.78 is 0. The molecule has 0 unspecified atom stereocenters. The van der Waals surface area contributed by atoms with E-state index in [0.717, 1.165) is 32.2 Å². The zero-order valence-corrected chi connectivity index (χ0v) is 27.9. The number of hydrogen-bond donors (Lipinski definition) is 1. The number of amides is 4. The number of likely N-dealkylation sites (N-methyl/N-ethyl adjacent to an activating group) is 2. The van der Waals surface area contributed by atoms with Crippen LogP contribution in [0, 0.1) is 11.3 Å². The quantitative estimate of drug-likeness (QED) is 0.293. The fourth-order valence-electron chi connectivity index (χ4n) is 6.20. The second kappa shape index (κ2) is 15.2. The van der Waals surface area contributed by atoms with E-state index < -0.39 is 17.5 Å². The van der Waals surface area contributed by atoms with E-state index >= 15 is 0 Å². The molecular weight excluding hydrogens is 530 g/mol. The van der Waals surface area contributed by atoms with Crippen molar-refractivity contribution in [2.24, 2.45) is 11.3 Å². The van der Waals surface area contributed by atoms with Crippen LogP contribution in [0.4, 0.5) is 0 Å². The van der Waals surface area contributed by atoms with Crippen molar-refractivity contribution in [3.8, 4) is 0 Å². The third-order valence-corrected chi connectivity index (χ3v) is 8.72. The maximum Gasteiger partial charge on any atom is 0.249 e. The van der Waals surface area contributed by atoms with Gasteiger partial charge in [-0.15, -0.1) is 6.58 Å². The van der Waals surface area contributed by atoms with Gasteiger partial charge in [0.15, 0.2) is 0 Å². The standard InChI is InChI=1S/C33H57N5O4/c1-12-18-35(10)31(41)26-17-15-20-38(26)30(40)24(6)21-27(22(2)3)36(11)32(42)28(33(7,8)9)34-29(39)25-16-13-14-19-37(25)23(4)5/h12,21-23,25-28H,1,13-20H2,2-11H3,(H,34,39)/b24-21+/t25-,26+,27-,28-/m1/s1. The number of likely N-dealkylation sites (tertiary alicyclic amines) is 2. The monoisotopic (exact) mass is 587 g/mol. The van der Waals surface area contributed by atoms with Crippen LogP contribution in [0.25, 0.3) is 0 Å². The molecule has 0 bridgehead atoms. The number of carbonyl (C=O) groups excluding carboxylic acids is 4. The van der Waals surface area contributed by atoms with Gasteiger partial charge in [0.25, 0.3) is 0 Å². The zero-order valence-electron chi connectivity index (χ0n) is 27.9. The van der Waals surface area contributed by atoms with Crippen LogP contribution in [-0.4, -0.2) is 107 Å². The van der Waals surface area contributed by atoms with Crippen LogP contribution in [0.15, 0.2) is 24.3 Å². The number of carbonyl (C=O) groups is 4. The summed E-state index contributed by atoms with van der Waals surface area (Å²) in [4.78, 5) is 61.4. The Morgan fingerprint density at radius 2 is 1.60 bits per heavy atom. The molecule has 238 valence electrons. The smallest absolute Gasteiger partial charge is 0.249 e. The molecule has 4 atom stereocenters.